The van der Waals surface area contributed by atoms with Gasteiger partial charge in [0, 0.05) is 32.9 Å². The Morgan fingerprint density at radius 2 is 0.754 bits per heavy atom. The summed E-state index contributed by atoms with van der Waals surface area (Å²) < 4.78 is 4.91. The van der Waals surface area contributed by atoms with E-state index in [2.05, 4.69) is 240 Å². The lowest BCUT2D eigenvalue weighted by atomic mass is 10.1. The number of para-hydroxylation sites is 3. The van der Waals surface area contributed by atoms with E-state index < -0.39 is 8.07 Å². The van der Waals surface area contributed by atoms with E-state index in [1.165, 1.54) is 75.5 Å². The molecule has 2 heterocycles. The predicted molar refractivity (Wildman–Crippen MR) is 244 cm³/mol. The fourth-order valence-electron chi connectivity index (χ4n) is 9.45. The summed E-state index contributed by atoms with van der Waals surface area (Å²) in [5, 5.41) is 10.5. The van der Waals surface area contributed by atoms with Crippen molar-refractivity contribution in [2.24, 2.45) is 0 Å². The van der Waals surface area contributed by atoms with Gasteiger partial charge in [-0.25, -0.2) is 0 Å². The first-order chi connectivity index (χ1) is 28.3. The highest BCUT2D eigenvalue weighted by atomic mass is 28.3. The van der Waals surface area contributed by atoms with Crippen LogP contribution in [0, 0.1) is 0 Å². The number of hydrogen-bond donors (Lipinski definition) is 0. The molecule has 0 atom stereocenters. The van der Waals surface area contributed by atoms with Gasteiger partial charge in [-0.1, -0.05) is 188 Å². The summed E-state index contributed by atoms with van der Waals surface area (Å²) in [5.74, 6) is 0. The van der Waals surface area contributed by atoms with Gasteiger partial charge in [-0.2, -0.15) is 0 Å². The molecule has 0 saturated carbocycles. The maximum absolute atomic E-state index is 2.93. The van der Waals surface area contributed by atoms with Crippen LogP contribution >= 0.6 is 0 Å². The van der Waals surface area contributed by atoms with E-state index in [4.69, 9.17) is 0 Å². The van der Waals surface area contributed by atoms with Crippen molar-refractivity contribution in [3.63, 3.8) is 0 Å². The zero-order chi connectivity index (χ0) is 37.8. The molecule has 57 heavy (non-hydrogen) atoms. The Morgan fingerprint density at radius 1 is 0.281 bits per heavy atom. The van der Waals surface area contributed by atoms with Crippen molar-refractivity contribution in [2.75, 3.05) is 0 Å². The van der Waals surface area contributed by atoms with Gasteiger partial charge < -0.3 is 9.13 Å². The Bertz CT molecular complexity index is 3160. The van der Waals surface area contributed by atoms with E-state index >= 15 is 0 Å². The third kappa shape index (κ3) is 5.17. The number of benzene rings is 9. The SMILES string of the molecule is c1ccc(-c2ccc([Si](c3ccccc3)(c3ccccc3)c3cccc4c3c3ccccc3n4-c3ccc4c5ccccc5n(-c5ccccc5)c4c3)cc2)cc1. The van der Waals surface area contributed by atoms with Crippen molar-refractivity contribution in [3.8, 4) is 22.5 Å². The monoisotopic (exact) mass is 742 g/mol. The number of nitrogens with zero attached hydrogens (tertiary/aromatic N) is 2. The molecule has 0 amide bonds. The zero-order valence-corrected chi connectivity index (χ0v) is 32.3. The molecule has 0 radical (unpaired) electrons. The van der Waals surface area contributed by atoms with Gasteiger partial charge >= 0.3 is 0 Å². The average Bonchev–Trinajstić information content (AvgIpc) is 3.81. The zero-order valence-electron chi connectivity index (χ0n) is 31.3. The lowest BCUT2D eigenvalue weighted by Gasteiger charge is -2.35. The van der Waals surface area contributed by atoms with E-state index in [0.29, 0.717) is 0 Å². The number of rotatable bonds is 7. The number of hydrogen-bond acceptors (Lipinski definition) is 0. The minimum absolute atomic E-state index is 1.14. The van der Waals surface area contributed by atoms with Crippen molar-refractivity contribution >= 4 is 72.4 Å². The van der Waals surface area contributed by atoms with Crippen LogP contribution in [0.25, 0.3) is 66.1 Å². The summed E-state index contributed by atoms with van der Waals surface area (Å²) in [6, 6.07) is 85.3. The molecular weight excluding hydrogens is 705 g/mol. The summed E-state index contributed by atoms with van der Waals surface area (Å²) in [4.78, 5) is 0. The van der Waals surface area contributed by atoms with Gasteiger partial charge in [0.25, 0.3) is 0 Å². The first-order valence-electron chi connectivity index (χ1n) is 19.7. The summed E-state index contributed by atoms with van der Waals surface area (Å²) >= 11 is 0. The maximum atomic E-state index is 2.49. The molecule has 0 aliphatic rings. The minimum Gasteiger partial charge on any atom is -0.309 e. The first-order valence-corrected chi connectivity index (χ1v) is 21.7. The molecular formula is C54H38N2Si. The summed E-state index contributed by atoms with van der Waals surface area (Å²) in [6.45, 7) is 0. The molecule has 268 valence electrons. The van der Waals surface area contributed by atoms with Crippen LogP contribution in [0.15, 0.2) is 231 Å². The fraction of sp³-hybridized carbons (Fsp3) is 0. The Balaban J connectivity index is 1.23. The van der Waals surface area contributed by atoms with E-state index in [-0.39, 0.29) is 0 Å². The van der Waals surface area contributed by atoms with Gasteiger partial charge in [-0.3, -0.25) is 0 Å². The molecule has 11 aromatic rings. The Morgan fingerprint density at radius 3 is 1.42 bits per heavy atom. The molecule has 2 nitrogen and oxygen atoms in total. The van der Waals surface area contributed by atoms with Crippen LogP contribution in [0.2, 0.25) is 0 Å². The highest BCUT2D eigenvalue weighted by Gasteiger charge is 2.43. The largest absolute Gasteiger partial charge is 0.309 e. The van der Waals surface area contributed by atoms with Crippen LogP contribution in [0.5, 0.6) is 0 Å². The molecule has 0 aliphatic carbocycles. The van der Waals surface area contributed by atoms with Gasteiger partial charge in [0.2, 0.25) is 0 Å². The Labute approximate surface area is 333 Å². The average molecular weight is 743 g/mol. The second kappa shape index (κ2) is 13.5. The highest BCUT2D eigenvalue weighted by molar-refractivity contribution is 7.20. The quantitative estimate of drug-likeness (QED) is 0.114. The molecule has 0 N–H and O–H groups in total. The van der Waals surface area contributed by atoms with Crippen LogP contribution < -0.4 is 20.7 Å². The van der Waals surface area contributed by atoms with Crippen molar-refractivity contribution in [2.45, 2.75) is 0 Å². The van der Waals surface area contributed by atoms with Gasteiger partial charge in [-0.05, 0) is 74.3 Å². The summed E-state index contributed by atoms with van der Waals surface area (Å²) in [6.07, 6.45) is 0. The number of fused-ring (bicyclic) bond motifs is 6. The van der Waals surface area contributed by atoms with E-state index in [1.54, 1.807) is 0 Å². The second-order valence-electron chi connectivity index (χ2n) is 14.9. The van der Waals surface area contributed by atoms with Gasteiger partial charge in [0.1, 0.15) is 0 Å². The molecule has 2 aromatic heterocycles. The Kier molecular flexibility index (Phi) is 7.87. The molecule has 0 spiro atoms. The van der Waals surface area contributed by atoms with Crippen molar-refractivity contribution in [1.29, 1.82) is 0 Å². The third-order valence-electron chi connectivity index (χ3n) is 11.9. The molecule has 0 fully saturated rings. The van der Waals surface area contributed by atoms with Gasteiger partial charge in [-0.15, -0.1) is 0 Å². The van der Waals surface area contributed by atoms with Crippen LogP contribution in [-0.4, -0.2) is 17.2 Å². The minimum atomic E-state index is -2.93. The molecule has 0 saturated heterocycles. The molecule has 3 heteroatoms. The topological polar surface area (TPSA) is 9.86 Å². The Hall–Kier alpha value is -7.20. The lowest BCUT2D eigenvalue weighted by molar-refractivity contribution is 1.15. The summed E-state index contributed by atoms with van der Waals surface area (Å²) in [5.41, 5.74) is 9.56. The predicted octanol–water partition coefficient (Wildman–Crippen LogP) is 10.9. The normalized spacial score (nSPS) is 11.9. The molecule has 0 unspecified atom stereocenters. The molecule has 9 aromatic carbocycles. The fourth-order valence-corrected chi connectivity index (χ4v) is 14.4. The van der Waals surface area contributed by atoms with Crippen molar-refractivity contribution < 1.29 is 0 Å². The second-order valence-corrected chi connectivity index (χ2v) is 18.6. The molecule has 0 bridgehead atoms. The van der Waals surface area contributed by atoms with Crippen LogP contribution in [0.1, 0.15) is 0 Å². The van der Waals surface area contributed by atoms with Crippen molar-refractivity contribution in [3.05, 3.63) is 231 Å². The van der Waals surface area contributed by atoms with E-state index in [0.717, 1.165) is 11.4 Å². The molecule has 0 aliphatic heterocycles. The van der Waals surface area contributed by atoms with Crippen LogP contribution in [0.3, 0.4) is 0 Å². The smallest absolute Gasteiger partial charge is 0.180 e. The molecule has 11 rings (SSSR count). The third-order valence-corrected chi connectivity index (χ3v) is 16.7. The summed E-state index contributed by atoms with van der Waals surface area (Å²) in [7, 11) is -2.93. The number of aromatic nitrogens is 2. The maximum Gasteiger partial charge on any atom is 0.180 e. The lowest BCUT2D eigenvalue weighted by Crippen LogP contribution is -2.74. The van der Waals surface area contributed by atoms with Gasteiger partial charge in [0.05, 0.1) is 22.1 Å². The van der Waals surface area contributed by atoms with Crippen LogP contribution in [-0.2, 0) is 0 Å². The first kappa shape index (κ1) is 33.2. The van der Waals surface area contributed by atoms with E-state index in [1.807, 2.05) is 0 Å². The van der Waals surface area contributed by atoms with E-state index in [9.17, 15) is 0 Å². The van der Waals surface area contributed by atoms with Crippen molar-refractivity contribution in [1.82, 2.24) is 9.13 Å². The van der Waals surface area contributed by atoms with Crippen LogP contribution in [0.4, 0.5) is 0 Å². The highest BCUT2D eigenvalue weighted by Crippen LogP contribution is 2.37. The standard InChI is InChI=1S/C54H38N2Si/c1-5-18-39(19-6-1)40-32-35-45(36-33-40)57(43-22-9-3-10-23-43,44-24-11-4-12-25-44)53-31-17-30-51-54(53)48-27-14-16-29-50(48)56(51)42-34-37-47-46-26-13-15-28-49(46)55(52(47)38-42)41-20-7-2-8-21-41/h1-38H. The van der Waals surface area contributed by atoms with Gasteiger partial charge in [0.15, 0.2) is 8.07 Å².